The fraction of sp³-hybridized carbons (Fsp3) is 0.750. The van der Waals surface area contributed by atoms with Crippen molar-refractivity contribution in [2.24, 2.45) is 5.73 Å². The normalized spacial score (nSPS) is 17.5. The molecule has 0 amide bonds. The molecule has 0 spiro atoms. The van der Waals surface area contributed by atoms with Crippen molar-refractivity contribution in [3.63, 3.8) is 0 Å². The van der Waals surface area contributed by atoms with Crippen LogP contribution in [0.3, 0.4) is 0 Å². The number of aromatic nitrogens is 2. The molecular weight excluding hydrogens is 186 g/mol. The van der Waals surface area contributed by atoms with Crippen LogP contribution in [0.15, 0.2) is 0 Å². The van der Waals surface area contributed by atoms with Crippen molar-refractivity contribution in [3.05, 3.63) is 17.2 Å². The summed E-state index contributed by atoms with van der Waals surface area (Å²) in [7, 11) is 0. The molecule has 0 saturated carbocycles. The van der Waals surface area contributed by atoms with Crippen LogP contribution in [-0.2, 0) is 19.4 Å². The second-order valence-corrected chi connectivity index (χ2v) is 4.46. The summed E-state index contributed by atoms with van der Waals surface area (Å²) in [5, 5.41) is 0. The molecule has 2 N–H and O–H groups in total. The zero-order valence-electron chi connectivity index (χ0n) is 9.79. The lowest BCUT2D eigenvalue weighted by Crippen LogP contribution is -2.15. The van der Waals surface area contributed by atoms with Crippen LogP contribution in [0, 0.1) is 0 Å². The molecule has 1 aromatic rings. The van der Waals surface area contributed by atoms with Gasteiger partial charge in [-0.05, 0) is 19.3 Å². The van der Waals surface area contributed by atoms with Gasteiger partial charge in [0.05, 0.1) is 5.69 Å². The van der Waals surface area contributed by atoms with E-state index in [1.165, 1.54) is 36.5 Å². The van der Waals surface area contributed by atoms with E-state index < -0.39 is 0 Å². The van der Waals surface area contributed by atoms with E-state index in [4.69, 9.17) is 10.7 Å². The summed E-state index contributed by atoms with van der Waals surface area (Å²) in [5.41, 5.74) is 8.45. The maximum Gasteiger partial charge on any atom is 0.108 e. The first-order valence-electron chi connectivity index (χ1n) is 6.06. The molecule has 84 valence electrons. The van der Waals surface area contributed by atoms with Gasteiger partial charge in [-0.3, -0.25) is 0 Å². The van der Waals surface area contributed by atoms with Crippen molar-refractivity contribution < 1.29 is 0 Å². The van der Waals surface area contributed by atoms with E-state index in [-0.39, 0.29) is 0 Å². The van der Waals surface area contributed by atoms with Crippen LogP contribution in [0.1, 0.15) is 49.8 Å². The molecule has 1 aromatic heterocycles. The highest BCUT2D eigenvalue weighted by Crippen LogP contribution is 2.25. The van der Waals surface area contributed by atoms with Crippen molar-refractivity contribution >= 4 is 0 Å². The molecule has 0 bridgehead atoms. The van der Waals surface area contributed by atoms with Crippen LogP contribution in [0.2, 0.25) is 0 Å². The number of hydrogen-bond donors (Lipinski definition) is 1. The predicted octanol–water partition coefficient (Wildman–Crippen LogP) is 1.84. The number of nitrogens with two attached hydrogens (primary N) is 1. The Labute approximate surface area is 91.7 Å². The van der Waals surface area contributed by atoms with Gasteiger partial charge in [-0.1, -0.05) is 13.8 Å². The van der Waals surface area contributed by atoms with Crippen LogP contribution in [0.4, 0.5) is 0 Å². The second-order valence-electron chi connectivity index (χ2n) is 4.46. The Balaban J connectivity index is 2.42. The van der Waals surface area contributed by atoms with E-state index >= 15 is 0 Å². The summed E-state index contributed by atoms with van der Waals surface area (Å²) in [4.78, 5) is 4.76. The molecule has 3 nitrogen and oxygen atoms in total. The highest BCUT2D eigenvalue weighted by atomic mass is 15.1. The summed E-state index contributed by atoms with van der Waals surface area (Å²) in [5.74, 6) is 1.66. The van der Waals surface area contributed by atoms with E-state index in [0.29, 0.717) is 12.5 Å². The highest BCUT2D eigenvalue weighted by Gasteiger charge is 2.21. The second kappa shape index (κ2) is 4.35. The molecule has 15 heavy (non-hydrogen) atoms. The Morgan fingerprint density at radius 3 is 2.93 bits per heavy atom. The molecule has 0 aromatic carbocycles. The van der Waals surface area contributed by atoms with Crippen molar-refractivity contribution in [2.75, 3.05) is 6.54 Å². The number of hydrogen-bond acceptors (Lipinski definition) is 2. The SMILES string of the molecule is CCc1nc(C(C)CN)c2n1CCCC2. The van der Waals surface area contributed by atoms with E-state index in [9.17, 15) is 0 Å². The van der Waals surface area contributed by atoms with Crippen LogP contribution in [0.25, 0.3) is 0 Å². The minimum atomic E-state index is 0.407. The molecule has 1 aliphatic rings. The van der Waals surface area contributed by atoms with Gasteiger partial charge in [0.1, 0.15) is 5.82 Å². The third-order valence-corrected chi connectivity index (χ3v) is 3.36. The molecule has 0 radical (unpaired) electrons. The van der Waals surface area contributed by atoms with Gasteiger partial charge in [0.15, 0.2) is 0 Å². The van der Waals surface area contributed by atoms with Gasteiger partial charge in [-0.2, -0.15) is 0 Å². The minimum absolute atomic E-state index is 0.407. The van der Waals surface area contributed by atoms with E-state index in [0.717, 1.165) is 13.0 Å². The third-order valence-electron chi connectivity index (χ3n) is 3.36. The quantitative estimate of drug-likeness (QED) is 0.822. The standard InChI is InChI=1S/C12H21N3/c1-3-11-14-12(9(2)8-13)10-6-4-5-7-15(10)11/h9H,3-8,13H2,1-2H3. The van der Waals surface area contributed by atoms with Gasteiger partial charge in [-0.25, -0.2) is 4.98 Å². The molecule has 3 heteroatoms. The topological polar surface area (TPSA) is 43.8 Å². The first kappa shape index (κ1) is 10.7. The van der Waals surface area contributed by atoms with Gasteiger partial charge >= 0.3 is 0 Å². The smallest absolute Gasteiger partial charge is 0.108 e. The number of fused-ring (bicyclic) bond motifs is 1. The summed E-state index contributed by atoms with van der Waals surface area (Å²) < 4.78 is 2.42. The molecule has 2 heterocycles. The first-order chi connectivity index (χ1) is 7.27. The lowest BCUT2D eigenvalue weighted by Gasteiger charge is -2.18. The lowest BCUT2D eigenvalue weighted by atomic mass is 10.0. The molecule has 0 aliphatic carbocycles. The molecule has 1 aliphatic heterocycles. The van der Waals surface area contributed by atoms with Crippen molar-refractivity contribution in [2.45, 2.75) is 52.0 Å². The van der Waals surface area contributed by atoms with Gasteiger partial charge in [0.2, 0.25) is 0 Å². The fourth-order valence-electron chi connectivity index (χ4n) is 2.42. The molecule has 2 rings (SSSR count). The van der Waals surface area contributed by atoms with Crippen molar-refractivity contribution in [1.82, 2.24) is 9.55 Å². The van der Waals surface area contributed by atoms with Crippen LogP contribution in [-0.4, -0.2) is 16.1 Å². The molecule has 1 atom stereocenters. The van der Waals surface area contributed by atoms with E-state index in [1.54, 1.807) is 0 Å². The molecule has 1 unspecified atom stereocenters. The van der Waals surface area contributed by atoms with Crippen molar-refractivity contribution in [3.8, 4) is 0 Å². The summed E-state index contributed by atoms with van der Waals surface area (Å²) in [6.07, 6.45) is 4.82. The third kappa shape index (κ3) is 1.81. The van der Waals surface area contributed by atoms with E-state index in [1.807, 2.05) is 0 Å². The summed E-state index contributed by atoms with van der Waals surface area (Å²) in [6, 6.07) is 0. The Bertz CT molecular complexity index is 341. The van der Waals surface area contributed by atoms with Crippen LogP contribution in [0.5, 0.6) is 0 Å². The minimum Gasteiger partial charge on any atom is -0.332 e. The molecule has 0 fully saturated rings. The number of imidazole rings is 1. The number of nitrogens with zero attached hydrogens (tertiary/aromatic N) is 2. The summed E-state index contributed by atoms with van der Waals surface area (Å²) in [6.45, 7) is 6.22. The van der Waals surface area contributed by atoms with Gasteiger partial charge in [0, 0.05) is 31.1 Å². The van der Waals surface area contributed by atoms with Gasteiger partial charge < -0.3 is 10.3 Å². The maximum atomic E-state index is 5.74. The Morgan fingerprint density at radius 2 is 2.27 bits per heavy atom. The fourth-order valence-corrected chi connectivity index (χ4v) is 2.42. The van der Waals surface area contributed by atoms with Crippen molar-refractivity contribution in [1.29, 1.82) is 0 Å². The predicted molar refractivity (Wildman–Crippen MR) is 62.0 cm³/mol. The van der Waals surface area contributed by atoms with Crippen LogP contribution >= 0.6 is 0 Å². The number of aryl methyl sites for hydroxylation is 1. The average Bonchev–Trinajstić information content (AvgIpc) is 2.67. The number of rotatable bonds is 3. The van der Waals surface area contributed by atoms with Gasteiger partial charge in [0.25, 0.3) is 0 Å². The summed E-state index contributed by atoms with van der Waals surface area (Å²) >= 11 is 0. The zero-order valence-corrected chi connectivity index (χ0v) is 9.79. The molecular formula is C12H21N3. The van der Waals surface area contributed by atoms with Crippen LogP contribution < -0.4 is 5.73 Å². The largest absolute Gasteiger partial charge is 0.332 e. The average molecular weight is 207 g/mol. The lowest BCUT2D eigenvalue weighted by molar-refractivity contribution is 0.512. The van der Waals surface area contributed by atoms with E-state index in [2.05, 4.69) is 18.4 Å². The molecule has 0 saturated heterocycles. The first-order valence-corrected chi connectivity index (χ1v) is 6.06. The Kier molecular flexibility index (Phi) is 3.10. The highest BCUT2D eigenvalue weighted by molar-refractivity contribution is 5.23. The Morgan fingerprint density at radius 1 is 1.47 bits per heavy atom. The zero-order chi connectivity index (χ0) is 10.8. The Hall–Kier alpha value is -0.830. The monoisotopic (exact) mass is 207 g/mol. The maximum absolute atomic E-state index is 5.74. The van der Waals surface area contributed by atoms with Gasteiger partial charge in [-0.15, -0.1) is 0 Å².